The Morgan fingerprint density at radius 3 is 2.85 bits per heavy atom. The predicted octanol–water partition coefficient (Wildman–Crippen LogP) is 4.49. The van der Waals surface area contributed by atoms with E-state index in [4.69, 9.17) is 28.6 Å². The second kappa shape index (κ2) is 6.80. The number of aromatic amines is 1. The number of nitrogens with one attached hydrogen (secondary N) is 2. The van der Waals surface area contributed by atoms with Gasteiger partial charge in [0.15, 0.2) is 3.95 Å². The normalized spacial score (nSPS) is 11.0. The Balaban J connectivity index is 1.90. The second-order valence-corrected chi connectivity index (χ2v) is 7.73. The van der Waals surface area contributed by atoms with Crippen LogP contribution in [-0.2, 0) is 0 Å². The van der Waals surface area contributed by atoms with Crippen LogP contribution in [0, 0.1) is 3.95 Å². The molecule has 0 bridgehead atoms. The number of amides is 1. The first-order chi connectivity index (χ1) is 13.0. The lowest BCUT2D eigenvalue weighted by molar-refractivity contribution is 0.103. The van der Waals surface area contributed by atoms with Crippen molar-refractivity contribution in [2.45, 2.75) is 0 Å². The van der Waals surface area contributed by atoms with Gasteiger partial charge in [-0.2, -0.15) is 0 Å². The van der Waals surface area contributed by atoms with E-state index in [-0.39, 0.29) is 5.56 Å². The number of fused-ring (bicyclic) bond motifs is 3. The summed E-state index contributed by atoms with van der Waals surface area (Å²) in [7, 11) is 1.52. The van der Waals surface area contributed by atoms with Gasteiger partial charge in [-0.3, -0.25) is 14.0 Å². The lowest BCUT2D eigenvalue weighted by atomic mass is 10.2. The highest BCUT2D eigenvalue weighted by Gasteiger charge is 2.19. The van der Waals surface area contributed by atoms with E-state index in [1.165, 1.54) is 7.11 Å². The maximum absolute atomic E-state index is 12.9. The molecule has 2 N–H and O–H groups in total. The standard InChI is InChI=1S/C18H12ClN3O3S2/c1-25-13-5-3-2-4-11(13)20-17(24)14-15-21-16(23)10-7-6-9(19)8-12(10)22(15)18(26)27-14/h2-8H,1H3,(H,20,24)(H,21,23). The Hall–Kier alpha value is -2.68. The molecule has 0 aliphatic rings. The van der Waals surface area contributed by atoms with Gasteiger partial charge in [-0.05, 0) is 42.5 Å². The number of nitrogens with zero attached hydrogens (tertiary/aromatic N) is 1. The Morgan fingerprint density at radius 2 is 2.07 bits per heavy atom. The van der Waals surface area contributed by atoms with Crippen molar-refractivity contribution in [2.75, 3.05) is 12.4 Å². The third-order valence-corrected chi connectivity index (χ3v) is 5.66. The molecule has 4 rings (SSSR count). The highest BCUT2D eigenvalue weighted by Crippen LogP contribution is 2.27. The Bertz CT molecular complexity index is 1320. The summed E-state index contributed by atoms with van der Waals surface area (Å²) in [6, 6.07) is 12.0. The zero-order chi connectivity index (χ0) is 19.1. The number of hydrogen-bond donors (Lipinski definition) is 2. The molecule has 9 heteroatoms. The molecule has 2 heterocycles. The smallest absolute Gasteiger partial charge is 0.269 e. The molecule has 27 heavy (non-hydrogen) atoms. The van der Waals surface area contributed by atoms with E-state index < -0.39 is 5.91 Å². The summed E-state index contributed by atoms with van der Waals surface area (Å²) in [6.45, 7) is 0. The lowest BCUT2D eigenvalue weighted by Gasteiger charge is -2.09. The first kappa shape index (κ1) is 17.7. The molecule has 0 aliphatic carbocycles. The fraction of sp³-hybridized carbons (Fsp3) is 0.0556. The minimum absolute atomic E-state index is 0.296. The van der Waals surface area contributed by atoms with Gasteiger partial charge < -0.3 is 15.0 Å². The molecule has 0 spiro atoms. The highest BCUT2D eigenvalue weighted by molar-refractivity contribution is 7.73. The van der Waals surface area contributed by atoms with Gasteiger partial charge in [0.1, 0.15) is 16.3 Å². The predicted molar refractivity (Wildman–Crippen MR) is 110 cm³/mol. The summed E-state index contributed by atoms with van der Waals surface area (Å²) in [6.07, 6.45) is 0. The van der Waals surface area contributed by atoms with E-state index in [1.807, 2.05) is 0 Å². The Morgan fingerprint density at radius 1 is 1.30 bits per heavy atom. The van der Waals surface area contributed by atoms with Crippen molar-refractivity contribution in [3.05, 3.63) is 66.7 Å². The van der Waals surface area contributed by atoms with E-state index in [2.05, 4.69) is 10.3 Å². The van der Waals surface area contributed by atoms with Crippen LogP contribution in [0.1, 0.15) is 9.67 Å². The van der Waals surface area contributed by atoms with Gasteiger partial charge in [0.25, 0.3) is 11.5 Å². The lowest BCUT2D eigenvalue weighted by Crippen LogP contribution is -2.15. The Kier molecular flexibility index (Phi) is 4.47. The van der Waals surface area contributed by atoms with Crippen molar-refractivity contribution in [3.8, 4) is 5.75 Å². The number of aromatic nitrogens is 2. The first-order valence-corrected chi connectivity index (χ1v) is 9.41. The maximum Gasteiger partial charge on any atom is 0.269 e. The molecule has 2 aromatic carbocycles. The fourth-order valence-electron chi connectivity index (χ4n) is 2.84. The topological polar surface area (TPSA) is 75.6 Å². The minimum Gasteiger partial charge on any atom is -0.495 e. The van der Waals surface area contributed by atoms with E-state index in [1.54, 1.807) is 46.9 Å². The van der Waals surface area contributed by atoms with Crippen LogP contribution in [0.15, 0.2) is 47.3 Å². The summed E-state index contributed by atoms with van der Waals surface area (Å²) in [5, 5.41) is 3.72. The second-order valence-electron chi connectivity index (χ2n) is 5.65. The number of thiazole rings is 1. The number of benzene rings is 2. The summed E-state index contributed by atoms with van der Waals surface area (Å²) >= 11 is 12.6. The minimum atomic E-state index is -0.393. The molecule has 136 valence electrons. The largest absolute Gasteiger partial charge is 0.495 e. The van der Waals surface area contributed by atoms with Crippen LogP contribution in [0.5, 0.6) is 5.75 Å². The SMILES string of the molecule is COc1ccccc1NC(=O)c1sc(=S)n2c1[nH]c(=O)c1ccc(Cl)cc12. The number of methoxy groups -OCH3 is 1. The van der Waals surface area contributed by atoms with Crippen molar-refractivity contribution >= 4 is 63.3 Å². The van der Waals surface area contributed by atoms with Crippen LogP contribution in [0.3, 0.4) is 0 Å². The van der Waals surface area contributed by atoms with Gasteiger partial charge in [0.2, 0.25) is 0 Å². The molecule has 0 radical (unpaired) electrons. The molecule has 0 atom stereocenters. The summed E-state index contributed by atoms with van der Waals surface area (Å²) in [5.74, 6) is 0.138. The molecular weight excluding hydrogens is 406 g/mol. The number of anilines is 1. The van der Waals surface area contributed by atoms with Crippen LogP contribution in [-0.4, -0.2) is 22.4 Å². The van der Waals surface area contributed by atoms with E-state index >= 15 is 0 Å². The van der Waals surface area contributed by atoms with Gasteiger partial charge >= 0.3 is 0 Å². The average molecular weight is 418 g/mol. The number of para-hydroxylation sites is 2. The van der Waals surface area contributed by atoms with E-state index in [0.717, 1.165) is 11.3 Å². The van der Waals surface area contributed by atoms with Gasteiger partial charge in [-0.15, -0.1) is 0 Å². The van der Waals surface area contributed by atoms with Gasteiger partial charge in [-0.1, -0.05) is 35.1 Å². The average Bonchev–Trinajstić information content (AvgIpc) is 2.98. The van der Waals surface area contributed by atoms with Gasteiger partial charge in [0, 0.05) is 5.02 Å². The van der Waals surface area contributed by atoms with Crippen molar-refractivity contribution in [2.24, 2.45) is 0 Å². The van der Waals surface area contributed by atoms with Crippen molar-refractivity contribution in [1.82, 2.24) is 9.38 Å². The van der Waals surface area contributed by atoms with Gasteiger partial charge in [0.05, 0.1) is 23.7 Å². The van der Waals surface area contributed by atoms with Crippen LogP contribution < -0.4 is 15.6 Å². The van der Waals surface area contributed by atoms with Crippen molar-refractivity contribution in [3.63, 3.8) is 0 Å². The Labute approximate surface area is 167 Å². The van der Waals surface area contributed by atoms with Crippen LogP contribution >= 0.6 is 35.2 Å². The third-order valence-electron chi connectivity index (χ3n) is 4.05. The third kappa shape index (κ3) is 3.01. The number of ether oxygens (including phenoxy) is 1. The van der Waals surface area contributed by atoms with Crippen molar-refractivity contribution in [1.29, 1.82) is 0 Å². The molecule has 6 nitrogen and oxygen atoms in total. The molecule has 0 saturated heterocycles. The van der Waals surface area contributed by atoms with Crippen molar-refractivity contribution < 1.29 is 9.53 Å². The monoisotopic (exact) mass is 417 g/mol. The van der Waals surface area contributed by atoms with Crippen LogP contribution in [0.4, 0.5) is 5.69 Å². The first-order valence-electron chi connectivity index (χ1n) is 7.81. The molecule has 4 aromatic rings. The number of rotatable bonds is 3. The quantitative estimate of drug-likeness (QED) is 0.482. The molecule has 0 fully saturated rings. The molecule has 2 aromatic heterocycles. The number of halogens is 1. The molecule has 0 saturated carbocycles. The zero-order valence-corrected chi connectivity index (χ0v) is 16.3. The van der Waals surface area contributed by atoms with Crippen LogP contribution in [0.2, 0.25) is 5.02 Å². The zero-order valence-electron chi connectivity index (χ0n) is 13.9. The van der Waals surface area contributed by atoms with Crippen LogP contribution in [0.25, 0.3) is 16.6 Å². The van der Waals surface area contributed by atoms with E-state index in [9.17, 15) is 9.59 Å². The fourth-order valence-corrected chi connectivity index (χ4v) is 4.29. The molecular formula is C18H12ClN3O3S2. The van der Waals surface area contributed by atoms with E-state index in [0.29, 0.717) is 41.8 Å². The summed E-state index contributed by atoms with van der Waals surface area (Å²) in [5.41, 5.74) is 1.09. The molecule has 0 unspecified atom stereocenters. The summed E-state index contributed by atoms with van der Waals surface area (Å²) < 4.78 is 7.34. The van der Waals surface area contributed by atoms with Gasteiger partial charge in [-0.25, -0.2) is 0 Å². The number of carbonyl (C=O) groups excluding carboxylic acids is 1. The number of H-pyrrole nitrogens is 1. The molecule has 0 aliphatic heterocycles. The molecule has 1 amide bonds. The number of carbonyl (C=O) groups is 1. The highest BCUT2D eigenvalue weighted by atomic mass is 35.5. The maximum atomic E-state index is 12.9. The summed E-state index contributed by atoms with van der Waals surface area (Å²) in [4.78, 5) is 28.4. The number of hydrogen-bond acceptors (Lipinski definition) is 5.